The molecule has 7 heteroatoms. The van der Waals surface area contributed by atoms with Gasteiger partial charge in [-0.3, -0.25) is 4.79 Å². The van der Waals surface area contributed by atoms with Crippen molar-refractivity contribution in [3.8, 4) is 0 Å². The van der Waals surface area contributed by atoms with E-state index in [1.54, 1.807) is 25.1 Å². The van der Waals surface area contributed by atoms with Crippen LogP contribution in [0.4, 0.5) is 5.69 Å². The molecule has 0 atom stereocenters. The van der Waals surface area contributed by atoms with Crippen LogP contribution in [-0.4, -0.2) is 47.0 Å². The van der Waals surface area contributed by atoms with Gasteiger partial charge in [0.05, 0.1) is 0 Å². The minimum absolute atomic E-state index is 0.109. The van der Waals surface area contributed by atoms with E-state index >= 15 is 0 Å². The Morgan fingerprint density at radius 1 is 1.10 bits per heavy atom. The van der Waals surface area contributed by atoms with Gasteiger partial charge in [-0.1, -0.05) is 23.2 Å². The quantitative estimate of drug-likeness (QED) is 0.792. The van der Waals surface area contributed by atoms with E-state index in [2.05, 4.69) is 10.2 Å². The maximum Gasteiger partial charge on any atom is 0.219 e. The van der Waals surface area contributed by atoms with Gasteiger partial charge in [-0.15, -0.1) is 0 Å². The predicted molar refractivity (Wildman–Crippen MR) is 91.1 cm³/mol. The second kappa shape index (κ2) is 7.29. The fourth-order valence-electron chi connectivity index (χ4n) is 2.26. The van der Waals surface area contributed by atoms with Crippen molar-refractivity contribution < 1.29 is 4.79 Å². The van der Waals surface area contributed by atoms with Crippen LogP contribution >= 0.6 is 35.4 Å². The summed E-state index contributed by atoms with van der Waals surface area (Å²) in [6.45, 7) is 4.61. The summed E-state index contributed by atoms with van der Waals surface area (Å²) in [6, 6.07) is 5.23. The Morgan fingerprint density at radius 3 is 2.29 bits per heavy atom. The van der Waals surface area contributed by atoms with Gasteiger partial charge in [0.1, 0.15) is 0 Å². The Bertz CT molecular complexity index is 533. The van der Waals surface area contributed by atoms with E-state index in [1.807, 2.05) is 4.90 Å². The molecule has 1 heterocycles. The van der Waals surface area contributed by atoms with E-state index in [1.165, 1.54) is 0 Å². The lowest BCUT2D eigenvalue weighted by atomic mass is 10.3. The highest BCUT2D eigenvalue weighted by molar-refractivity contribution is 7.80. The van der Waals surface area contributed by atoms with Crippen molar-refractivity contribution in [2.24, 2.45) is 0 Å². The number of benzene rings is 1. The lowest BCUT2D eigenvalue weighted by Gasteiger charge is -2.24. The first-order valence-corrected chi connectivity index (χ1v) is 7.89. The van der Waals surface area contributed by atoms with Crippen LogP contribution < -0.4 is 5.32 Å². The second-order valence-electron chi connectivity index (χ2n) is 4.93. The summed E-state index contributed by atoms with van der Waals surface area (Å²) in [5.74, 6) is 0.109. The van der Waals surface area contributed by atoms with Crippen molar-refractivity contribution in [2.75, 3.05) is 31.5 Å². The van der Waals surface area contributed by atoms with Gasteiger partial charge in [-0.2, -0.15) is 0 Å². The molecule has 1 aliphatic heterocycles. The van der Waals surface area contributed by atoms with E-state index in [4.69, 9.17) is 35.4 Å². The molecule has 1 aromatic carbocycles. The SMILES string of the molecule is CC(=O)N1CCCN(C(=S)Nc2cc(Cl)cc(Cl)c2)CC1. The van der Waals surface area contributed by atoms with Crippen molar-refractivity contribution in [2.45, 2.75) is 13.3 Å². The lowest BCUT2D eigenvalue weighted by Crippen LogP contribution is -2.38. The molecular formula is C14H17Cl2N3OS. The maximum absolute atomic E-state index is 11.4. The molecule has 1 aliphatic rings. The summed E-state index contributed by atoms with van der Waals surface area (Å²) < 4.78 is 0. The number of nitrogens with one attached hydrogen (secondary N) is 1. The zero-order chi connectivity index (χ0) is 15.4. The van der Waals surface area contributed by atoms with Crippen molar-refractivity contribution >= 4 is 52.1 Å². The largest absolute Gasteiger partial charge is 0.347 e. The normalized spacial score (nSPS) is 15.6. The highest BCUT2D eigenvalue weighted by atomic mass is 35.5. The third-order valence-electron chi connectivity index (χ3n) is 3.34. The molecule has 0 unspecified atom stereocenters. The Morgan fingerprint density at radius 2 is 1.67 bits per heavy atom. The number of rotatable bonds is 1. The number of thiocarbonyl (C=S) groups is 1. The smallest absolute Gasteiger partial charge is 0.219 e. The molecule has 21 heavy (non-hydrogen) atoms. The number of nitrogens with zero attached hydrogens (tertiary/aromatic N) is 2. The molecule has 0 radical (unpaired) electrons. The average Bonchev–Trinajstić information content (AvgIpc) is 2.62. The summed E-state index contributed by atoms with van der Waals surface area (Å²) in [5.41, 5.74) is 0.769. The predicted octanol–water partition coefficient (Wildman–Crippen LogP) is 3.24. The molecule has 4 nitrogen and oxygen atoms in total. The third kappa shape index (κ3) is 4.73. The van der Waals surface area contributed by atoms with Gasteiger partial charge in [0.25, 0.3) is 0 Å². The van der Waals surface area contributed by atoms with Crippen molar-refractivity contribution in [1.29, 1.82) is 0 Å². The number of halogens is 2. The van der Waals surface area contributed by atoms with Gasteiger partial charge < -0.3 is 15.1 Å². The van der Waals surface area contributed by atoms with Crippen molar-refractivity contribution in [1.82, 2.24) is 9.80 Å². The topological polar surface area (TPSA) is 35.6 Å². The van der Waals surface area contributed by atoms with Crippen LogP contribution in [-0.2, 0) is 4.79 Å². The van der Waals surface area contributed by atoms with E-state index in [-0.39, 0.29) is 5.91 Å². The first kappa shape index (κ1) is 16.3. The van der Waals surface area contributed by atoms with E-state index in [9.17, 15) is 4.79 Å². The molecule has 2 rings (SSSR count). The van der Waals surface area contributed by atoms with E-state index in [0.717, 1.165) is 31.7 Å². The fourth-order valence-corrected chi connectivity index (χ4v) is 3.09. The molecule has 1 saturated heterocycles. The highest BCUT2D eigenvalue weighted by Crippen LogP contribution is 2.22. The maximum atomic E-state index is 11.4. The van der Waals surface area contributed by atoms with Crippen LogP contribution in [0.25, 0.3) is 0 Å². The van der Waals surface area contributed by atoms with Gasteiger partial charge in [-0.05, 0) is 36.8 Å². The van der Waals surface area contributed by atoms with Gasteiger partial charge in [0, 0.05) is 48.8 Å². The van der Waals surface area contributed by atoms with Gasteiger partial charge >= 0.3 is 0 Å². The molecule has 0 saturated carbocycles. The minimum atomic E-state index is 0.109. The summed E-state index contributed by atoms with van der Waals surface area (Å²) in [5, 5.41) is 4.90. The summed E-state index contributed by atoms with van der Waals surface area (Å²) in [7, 11) is 0. The number of amides is 1. The second-order valence-corrected chi connectivity index (χ2v) is 6.19. The first-order valence-electron chi connectivity index (χ1n) is 6.73. The Kier molecular flexibility index (Phi) is 5.67. The Labute approximate surface area is 140 Å². The van der Waals surface area contributed by atoms with Gasteiger partial charge in [0.15, 0.2) is 5.11 Å². The number of anilines is 1. The molecule has 114 valence electrons. The van der Waals surface area contributed by atoms with Crippen LogP contribution in [0.15, 0.2) is 18.2 Å². The first-order chi connectivity index (χ1) is 9.95. The summed E-state index contributed by atoms with van der Waals surface area (Å²) >= 11 is 17.4. The Hall–Kier alpha value is -1.04. The molecule has 0 spiro atoms. The third-order valence-corrected chi connectivity index (χ3v) is 4.14. The standard InChI is InChI=1S/C14H17Cl2N3OS/c1-10(20)18-3-2-4-19(6-5-18)14(21)17-13-8-11(15)7-12(16)9-13/h7-9H,2-6H2,1H3,(H,17,21). The van der Waals surface area contributed by atoms with Gasteiger partial charge in [-0.25, -0.2) is 0 Å². The molecule has 1 fully saturated rings. The van der Waals surface area contributed by atoms with Crippen LogP contribution in [0, 0.1) is 0 Å². The number of carbonyl (C=O) groups excluding carboxylic acids is 1. The minimum Gasteiger partial charge on any atom is -0.347 e. The highest BCUT2D eigenvalue weighted by Gasteiger charge is 2.18. The van der Waals surface area contributed by atoms with Crippen LogP contribution in [0.2, 0.25) is 10.0 Å². The molecule has 0 aromatic heterocycles. The fraction of sp³-hybridized carbons (Fsp3) is 0.429. The Balaban J connectivity index is 1.98. The van der Waals surface area contributed by atoms with E-state index < -0.39 is 0 Å². The number of hydrogen-bond acceptors (Lipinski definition) is 2. The molecule has 1 amide bonds. The van der Waals surface area contributed by atoms with Crippen LogP contribution in [0.1, 0.15) is 13.3 Å². The van der Waals surface area contributed by atoms with Crippen LogP contribution in [0.3, 0.4) is 0 Å². The summed E-state index contributed by atoms with van der Waals surface area (Å²) in [4.78, 5) is 15.3. The van der Waals surface area contributed by atoms with E-state index in [0.29, 0.717) is 21.7 Å². The monoisotopic (exact) mass is 345 g/mol. The van der Waals surface area contributed by atoms with Crippen molar-refractivity contribution in [3.63, 3.8) is 0 Å². The lowest BCUT2D eigenvalue weighted by molar-refractivity contribution is -0.128. The molecule has 1 aromatic rings. The number of carbonyl (C=O) groups is 1. The molecule has 0 aliphatic carbocycles. The molecule has 0 bridgehead atoms. The molecular weight excluding hydrogens is 329 g/mol. The zero-order valence-electron chi connectivity index (χ0n) is 11.7. The summed E-state index contributed by atoms with van der Waals surface area (Å²) in [6.07, 6.45) is 0.900. The van der Waals surface area contributed by atoms with Crippen molar-refractivity contribution in [3.05, 3.63) is 28.2 Å². The molecule has 1 N–H and O–H groups in total. The number of hydrogen-bond donors (Lipinski definition) is 1. The van der Waals surface area contributed by atoms with Gasteiger partial charge in [0.2, 0.25) is 5.91 Å². The van der Waals surface area contributed by atoms with Crippen LogP contribution in [0.5, 0.6) is 0 Å². The average molecular weight is 346 g/mol. The zero-order valence-corrected chi connectivity index (χ0v) is 14.1.